The lowest BCUT2D eigenvalue weighted by molar-refractivity contribution is -0.465. The Morgan fingerprint density at radius 2 is 1.46 bits per heavy atom. The maximum atomic E-state index is 13.1. The minimum absolute atomic E-state index is 0.0913. The fourth-order valence-corrected chi connectivity index (χ4v) is 3.92. The van der Waals surface area contributed by atoms with E-state index in [0.717, 1.165) is 0 Å². The van der Waals surface area contributed by atoms with Crippen molar-refractivity contribution < 1.29 is 49.0 Å². The van der Waals surface area contributed by atoms with Crippen LogP contribution in [0.3, 0.4) is 0 Å². The van der Waals surface area contributed by atoms with Gasteiger partial charge in [0.1, 0.15) is 0 Å². The molecule has 2 heterocycles. The van der Waals surface area contributed by atoms with Crippen LogP contribution in [-0.2, 0) is 9.47 Å². The van der Waals surface area contributed by atoms with Crippen molar-refractivity contribution in [1.29, 1.82) is 0 Å². The second kappa shape index (κ2) is 7.50. The smallest absolute Gasteiger partial charge is 0.377 e. The Morgan fingerprint density at radius 1 is 0.929 bits per heavy atom. The molecule has 0 aromatic heterocycles. The Labute approximate surface area is 156 Å². The van der Waals surface area contributed by atoms with Gasteiger partial charge in [-0.1, -0.05) is 0 Å². The van der Waals surface area contributed by atoms with E-state index < -0.39 is 42.3 Å². The first-order valence-electron chi connectivity index (χ1n) is 8.80. The van der Waals surface area contributed by atoms with Crippen molar-refractivity contribution in [2.75, 3.05) is 19.7 Å². The molecule has 0 radical (unpaired) electrons. The SMILES string of the molecule is CC(C)OC[C@@]12CCCN1C[C@H](OC(C(F)(F)F)(C(F)(F)F)C(F)(F)F)CC2. The third-order valence-electron chi connectivity index (χ3n) is 5.32. The van der Waals surface area contributed by atoms with Crippen molar-refractivity contribution in [3.63, 3.8) is 0 Å². The summed E-state index contributed by atoms with van der Waals surface area (Å²) >= 11 is 0. The number of alkyl halides is 9. The van der Waals surface area contributed by atoms with E-state index in [1.165, 1.54) is 0 Å². The summed E-state index contributed by atoms with van der Waals surface area (Å²) in [6, 6.07) is 0. The molecule has 0 bridgehead atoms. The van der Waals surface area contributed by atoms with Crippen molar-refractivity contribution in [3.05, 3.63) is 0 Å². The molecule has 2 saturated heterocycles. The zero-order valence-corrected chi connectivity index (χ0v) is 15.3. The van der Waals surface area contributed by atoms with Crippen LogP contribution in [0, 0.1) is 0 Å². The molecular formula is C16H22F9NO2. The van der Waals surface area contributed by atoms with E-state index in [1.54, 1.807) is 18.7 Å². The van der Waals surface area contributed by atoms with Crippen LogP contribution in [0.1, 0.15) is 39.5 Å². The molecule has 0 aromatic rings. The summed E-state index contributed by atoms with van der Waals surface area (Å²) in [5.74, 6) is 0. The van der Waals surface area contributed by atoms with Crippen LogP contribution in [-0.4, -0.2) is 66.5 Å². The molecule has 2 fully saturated rings. The van der Waals surface area contributed by atoms with E-state index in [1.807, 2.05) is 0 Å². The summed E-state index contributed by atoms with van der Waals surface area (Å²) in [5.41, 5.74) is -6.81. The summed E-state index contributed by atoms with van der Waals surface area (Å²) < 4.78 is 127. The predicted octanol–water partition coefficient (Wildman–Crippen LogP) is 4.85. The number of nitrogens with zero attached hydrogens (tertiary/aromatic N) is 1. The minimum Gasteiger partial charge on any atom is -0.377 e. The minimum atomic E-state index is -6.70. The summed E-state index contributed by atoms with van der Waals surface area (Å²) in [5, 5.41) is 0. The van der Waals surface area contributed by atoms with E-state index in [-0.39, 0.29) is 25.6 Å². The second-order valence-corrected chi connectivity index (χ2v) is 7.59. The number of fused-ring (bicyclic) bond motifs is 1. The van der Waals surface area contributed by atoms with Gasteiger partial charge >= 0.3 is 24.1 Å². The molecule has 0 aromatic carbocycles. The van der Waals surface area contributed by atoms with Gasteiger partial charge in [0.05, 0.1) is 18.8 Å². The van der Waals surface area contributed by atoms with Gasteiger partial charge in [0, 0.05) is 12.1 Å². The molecule has 3 nitrogen and oxygen atoms in total. The van der Waals surface area contributed by atoms with Crippen molar-refractivity contribution in [3.8, 4) is 0 Å². The lowest BCUT2D eigenvalue weighted by Crippen LogP contribution is -2.70. The number of ether oxygens (including phenoxy) is 2. The number of halogens is 9. The molecule has 0 saturated carbocycles. The van der Waals surface area contributed by atoms with Crippen LogP contribution >= 0.6 is 0 Å². The number of piperidine rings is 1. The molecule has 0 spiro atoms. The van der Waals surface area contributed by atoms with Crippen LogP contribution in [0.15, 0.2) is 0 Å². The Morgan fingerprint density at radius 3 is 1.93 bits per heavy atom. The highest BCUT2D eigenvalue weighted by Gasteiger charge is 2.86. The first-order valence-corrected chi connectivity index (χ1v) is 8.80. The van der Waals surface area contributed by atoms with Gasteiger partial charge in [-0.3, -0.25) is 4.90 Å². The summed E-state index contributed by atoms with van der Waals surface area (Å²) in [4.78, 5) is 1.59. The average Bonchev–Trinajstić information content (AvgIpc) is 2.90. The van der Waals surface area contributed by atoms with Crippen LogP contribution in [0.4, 0.5) is 39.5 Å². The lowest BCUT2D eigenvalue weighted by atomic mass is 9.85. The predicted molar refractivity (Wildman–Crippen MR) is 79.6 cm³/mol. The molecule has 12 heteroatoms. The van der Waals surface area contributed by atoms with E-state index in [2.05, 4.69) is 4.74 Å². The quantitative estimate of drug-likeness (QED) is 0.581. The summed E-state index contributed by atoms with van der Waals surface area (Å²) in [7, 11) is 0. The van der Waals surface area contributed by atoms with Gasteiger partial charge in [0.25, 0.3) is 0 Å². The highest BCUT2D eigenvalue weighted by atomic mass is 19.4. The van der Waals surface area contributed by atoms with Crippen LogP contribution in [0.25, 0.3) is 0 Å². The van der Waals surface area contributed by atoms with Gasteiger partial charge in [-0.2, -0.15) is 39.5 Å². The fourth-order valence-electron chi connectivity index (χ4n) is 3.92. The van der Waals surface area contributed by atoms with Crippen molar-refractivity contribution in [1.82, 2.24) is 4.90 Å². The normalized spacial score (nSPS) is 28.1. The number of rotatable bonds is 5. The largest absolute Gasteiger partial charge is 0.435 e. The average molecular weight is 431 g/mol. The first-order chi connectivity index (χ1) is 12.6. The monoisotopic (exact) mass is 431 g/mol. The van der Waals surface area contributed by atoms with Gasteiger partial charge in [-0.05, 0) is 46.1 Å². The van der Waals surface area contributed by atoms with Gasteiger partial charge in [-0.15, -0.1) is 0 Å². The van der Waals surface area contributed by atoms with Crippen LogP contribution < -0.4 is 0 Å². The molecule has 0 unspecified atom stereocenters. The third-order valence-corrected chi connectivity index (χ3v) is 5.32. The van der Waals surface area contributed by atoms with E-state index >= 15 is 0 Å². The maximum Gasteiger partial charge on any atom is 0.435 e. The molecule has 166 valence electrons. The van der Waals surface area contributed by atoms with Gasteiger partial charge in [0.15, 0.2) is 0 Å². The zero-order valence-electron chi connectivity index (χ0n) is 15.3. The second-order valence-electron chi connectivity index (χ2n) is 7.59. The van der Waals surface area contributed by atoms with Gasteiger partial charge < -0.3 is 9.47 Å². The van der Waals surface area contributed by atoms with Gasteiger partial charge in [0.2, 0.25) is 0 Å². The fraction of sp³-hybridized carbons (Fsp3) is 1.00. The molecule has 2 aliphatic heterocycles. The first kappa shape index (κ1) is 23.5. The molecule has 2 rings (SSSR count). The van der Waals surface area contributed by atoms with E-state index in [0.29, 0.717) is 19.4 Å². The highest BCUT2D eigenvalue weighted by molar-refractivity contribution is 5.06. The third kappa shape index (κ3) is 4.09. The summed E-state index contributed by atoms with van der Waals surface area (Å²) in [6.45, 7) is 3.65. The Kier molecular flexibility index (Phi) is 6.30. The maximum absolute atomic E-state index is 13.1. The molecule has 2 aliphatic rings. The Bertz CT molecular complexity index is 508. The number of hydrogen-bond donors (Lipinski definition) is 0. The molecule has 28 heavy (non-hydrogen) atoms. The summed E-state index contributed by atoms with van der Waals surface area (Å²) in [6.07, 6.45) is -21.2. The molecule has 0 N–H and O–H groups in total. The van der Waals surface area contributed by atoms with E-state index in [4.69, 9.17) is 4.74 Å². The van der Waals surface area contributed by atoms with Crippen LogP contribution in [0.2, 0.25) is 0 Å². The lowest BCUT2D eigenvalue weighted by Gasteiger charge is -2.48. The Hall–Kier alpha value is -0.750. The van der Waals surface area contributed by atoms with E-state index in [9.17, 15) is 39.5 Å². The van der Waals surface area contributed by atoms with Gasteiger partial charge in [-0.25, -0.2) is 0 Å². The Balaban J connectivity index is 2.26. The molecule has 0 amide bonds. The zero-order chi connectivity index (χ0) is 21.6. The van der Waals surface area contributed by atoms with Crippen LogP contribution in [0.5, 0.6) is 0 Å². The molecule has 2 atom stereocenters. The highest BCUT2D eigenvalue weighted by Crippen LogP contribution is 2.56. The van der Waals surface area contributed by atoms with Crippen molar-refractivity contribution >= 4 is 0 Å². The molecular weight excluding hydrogens is 409 g/mol. The van der Waals surface area contributed by atoms with Crippen molar-refractivity contribution in [2.24, 2.45) is 0 Å². The molecule has 0 aliphatic carbocycles. The standard InChI is InChI=1S/C16H22F9NO2/c1-10(2)27-9-12-5-3-7-26(12)8-11(4-6-12)28-13(14(17,18)19,15(20,21)22)16(23,24)25/h10-11H,3-9H2,1-2H3/t11-,12+/m1/s1. The topological polar surface area (TPSA) is 21.7 Å². The number of hydrogen-bond acceptors (Lipinski definition) is 3. The van der Waals surface area contributed by atoms with Crippen molar-refractivity contribution in [2.45, 2.75) is 81.4 Å².